The predicted molar refractivity (Wildman–Crippen MR) is 121 cm³/mol. The van der Waals surface area contributed by atoms with Crippen molar-refractivity contribution < 1.29 is 9.53 Å². The van der Waals surface area contributed by atoms with E-state index in [0.717, 1.165) is 49.8 Å². The molecule has 30 heavy (non-hydrogen) atoms. The standard InChI is InChI=1S/C25H33N3O2/c1-30-23-10-5-9-22(14-23)27-25(29)12-6-11-24-21-13-20(15-26-24)17-28(18-21)16-19-7-3-2-4-8-19/h2-5,7-10,14,20-21,24,26H,6,11-13,15-18H2,1H3,(H,27,29)/t20-,21-,24+/m0/s1. The molecule has 5 heteroatoms. The number of anilines is 1. The highest BCUT2D eigenvalue weighted by atomic mass is 16.5. The number of nitrogens with zero attached hydrogens (tertiary/aromatic N) is 1. The molecule has 2 bridgehead atoms. The third-order valence-corrected chi connectivity index (χ3v) is 6.40. The van der Waals surface area contributed by atoms with Gasteiger partial charge in [0.1, 0.15) is 5.75 Å². The molecular formula is C25H33N3O2. The maximum atomic E-state index is 12.3. The zero-order chi connectivity index (χ0) is 20.8. The Hall–Kier alpha value is -2.37. The van der Waals surface area contributed by atoms with Crippen LogP contribution in [0.15, 0.2) is 54.6 Å². The second kappa shape index (κ2) is 10.1. The van der Waals surface area contributed by atoms with Gasteiger partial charge >= 0.3 is 0 Å². The Morgan fingerprint density at radius 2 is 2.03 bits per heavy atom. The molecule has 0 saturated carbocycles. The molecule has 0 aromatic heterocycles. The Labute approximate surface area is 179 Å². The summed E-state index contributed by atoms with van der Waals surface area (Å²) < 4.78 is 5.22. The Kier molecular flexibility index (Phi) is 7.03. The Bertz CT molecular complexity index is 826. The van der Waals surface area contributed by atoms with Crippen molar-refractivity contribution in [3.63, 3.8) is 0 Å². The van der Waals surface area contributed by atoms with E-state index in [4.69, 9.17) is 4.74 Å². The van der Waals surface area contributed by atoms with E-state index in [2.05, 4.69) is 45.9 Å². The van der Waals surface area contributed by atoms with E-state index in [1.54, 1.807) is 7.11 Å². The maximum absolute atomic E-state index is 12.3. The van der Waals surface area contributed by atoms with Gasteiger partial charge in [-0.25, -0.2) is 0 Å². The number of ether oxygens (including phenoxy) is 1. The van der Waals surface area contributed by atoms with Crippen molar-refractivity contribution in [1.29, 1.82) is 0 Å². The van der Waals surface area contributed by atoms with Gasteiger partial charge in [0, 0.05) is 43.9 Å². The van der Waals surface area contributed by atoms with Crippen LogP contribution in [0.2, 0.25) is 0 Å². The van der Waals surface area contributed by atoms with Crippen LogP contribution in [0.1, 0.15) is 31.2 Å². The summed E-state index contributed by atoms with van der Waals surface area (Å²) in [7, 11) is 1.63. The van der Waals surface area contributed by atoms with E-state index in [-0.39, 0.29) is 5.91 Å². The number of benzene rings is 2. The predicted octanol–water partition coefficient (Wildman–Crippen LogP) is 3.91. The number of carbonyl (C=O) groups excluding carboxylic acids is 1. The zero-order valence-electron chi connectivity index (χ0n) is 17.8. The highest BCUT2D eigenvalue weighted by Crippen LogP contribution is 2.31. The van der Waals surface area contributed by atoms with Gasteiger partial charge in [0.2, 0.25) is 5.91 Å². The minimum Gasteiger partial charge on any atom is -0.497 e. The van der Waals surface area contributed by atoms with Gasteiger partial charge in [0.15, 0.2) is 0 Å². The van der Waals surface area contributed by atoms with Crippen molar-refractivity contribution >= 4 is 11.6 Å². The summed E-state index contributed by atoms with van der Waals surface area (Å²) in [6.07, 6.45) is 3.84. The summed E-state index contributed by atoms with van der Waals surface area (Å²) in [5.74, 6) is 2.26. The van der Waals surface area contributed by atoms with Crippen LogP contribution in [-0.2, 0) is 11.3 Å². The Balaban J connectivity index is 1.23. The van der Waals surface area contributed by atoms with Crippen molar-refractivity contribution in [3.8, 4) is 5.75 Å². The van der Waals surface area contributed by atoms with Crippen LogP contribution >= 0.6 is 0 Å². The van der Waals surface area contributed by atoms with Crippen LogP contribution in [0.25, 0.3) is 0 Å². The molecule has 1 amide bonds. The molecule has 0 radical (unpaired) electrons. The topological polar surface area (TPSA) is 53.6 Å². The van der Waals surface area contributed by atoms with E-state index < -0.39 is 0 Å². The van der Waals surface area contributed by atoms with Crippen LogP contribution in [0, 0.1) is 11.8 Å². The molecule has 2 aliphatic heterocycles. The number of rotatable bonds is 8. The third kappa shape index (κ3) is 5.61. The van der Waals surface area contributed by atoms with Crippen molar-refractivity contribution in [2.75, 3.05) is 32.1 Å². The van der Waals surface area contributed by atoms with Gasteiger partial charge in [-0.1, -0.05) is 36.4 Å². The summed E-state index contributed by atoms with van der Waals surface area (Å²) in [4.78, 5) is 15.0. The second-order valence-corrected chi connectivity index (χ2v) is 8.73. The largest absolute Gasteiger partial charge is 0.497 e. The number of piperidine rings is 2. The molecule has 2 N–H and O–H groups in total. The molecule has 3 atom stereocenters. The van der Waals surface area contributed by atoms with Crippen LogP contribution < -0.4 is 15.4 Å². The van der Waals surface area contributed by atoms with Gasteiger partial charge in [-0.2, -0.15) is 0 Å². The molecule has 0 unspecified atom stereocenters. The first-order chi connectivity index (χ1) is 14.7. The number of hydrogen-bond donors (Lipinski definition) is 2. The first-order valence-electron chi connectivity index (χ1n) is 11.1. The monoisotopic (exact) mass is 407 g/mol. The van der Waals surface area contributed by atoms with Gasteiger partial charge in [-0.3, -0.25) is 9.69 Å². The molecule has 2 aromatic carbocycles. The minimum atomic E-state index is 0.0753. The van der Waals surface area contributed by atoms with Crippen LogP contribution in [0.3, 0.4) is 0 Å². The summed E-state index contributed by atoms with van der Waals surface area (Å²) in [5.41, 5.74) is 2.19. The lowest BCUT2D eigenvalue weighted by atomic mass is 9.79. The number of amides is 1. The number of hydrogen-bond acceptors (Lipinski definition) is 4. The zero-order valence-corrected chi connectivity index (χ0v) is 17.8. The Morgan fingerprint density at radius 3 is 2.87 bits per heavy atom. The lowest BCUT2D eigenvalue weighted by Crippen LogP contribution is -2.55. The summed E-state index contributed by atoms with van der Waals surface area (Å²) in [6, 6.07) is 18.8. The van der Waals surface area contributed by atoms with Crippen molar-refractivity contribution in [2.24, 2.45) is 11.8 Å². The molecule has 160 valence electrons. The number of methoxy groups -OCH3 is 1. The van der Waals surface area contributed by atoms with Crippen molar-refractivity contribution in [3.05, 3.63) is 60.2 Å². The molecule has 2 aliphatic rings. The summed E-state index contributed by atoms with van der Waals surface area (Å²) in [5, 5.41) is 6.75. The van der Waals surface area contributed by atoms with E-state index >= 15 is 0 Å². The minimum absolute atomic E-state index is 0.0753. The number of nitrogens with one attached hydrogen (secondary N) is 2. The van der Waals surface area contributed by atoms with E-state index in [1.807, 2.05) is 24.3 Å². The SMILES string of the molecule is COc1cccc(NC(=O)CCC[C@H]2NC[C@@H]3C[C@H]2CN(Cc2ccccc2)C3)c1. The fraction of sp³-hybridized carbons (Fsp3) is 0.480. The van der Waals surface area contributed by atoms with Crippen LogP contribution in [0.4, 0.5) is 5.69 Å². The smallest absolute Gasteiger partial charge is 0.224 e. The Morgan fingerprint density at radius 1 is 1.17 bits per heavy atom. The molecule has 0 spiro atoms. The molecule has 2 fully saturated rings. The average Bonchev–Trinajstić information content (AvgIpc) is 2.76. The maximum Gasteiger partial charge on any atom is 0.224 e. The molecular weight excluding hydrogens is 374 g/mol. The highest BCUT2D eigenvalue weighted by molar-refractivity contribution is 5.90. The second-order valence-electron chi connectivity index (χ2n) is 8.73. The number of carbonyl (C=O) groups is 1. The molecule has 2 saturated heterocycles. The quantitative estimate of drug-likeness (QED) is 0.697. The van der Waals surface area contributed by atoms with E-state index in [0.29, 0.717) is 18.4 Å². The summed E-state index contributed by atoms with van der Waals surface area (Å²) >= 11 is 0. The molecule has 0 aliphatic carbocycles. The van der Waals surface area contributed by atoms with Gasteiger partial charge in [-0.05, 0) is 55.3 Å². The fourth-order valence-electron chi connectivity index (χ4n) is 4.99. The van der Waals surface area contributed by atoms with E-state index in [9.17, 15) is 4.79 Å². The lowest BCUT2D eigenvalue weighted by molar-refractivity contribution is -0.116. The van der Waals surface area contributed by atoms with E-state index in [1.165, 1.54) is 18.5 Å². The molecule has 2 aromatic rings. The van der Waals surface area contributed by atoms with Gasteiger partial charge < -0.3 is 15.4 Å². The number of likely N-dealkylation sites (tertiary alicyclic amines) is 1. The third-order valence-electron chi connectivity index (χ3n) is 6.40. The fourth-order valence-corrected chi connectivity index (χ4v) is 4.99. The number of fused-ring (bicyclic) bond motifs is 2. The molecule has 5 nitrogen and oxygen atoms in total. The average molecular weight is 408 g/mol. The first-order valence-corrected chi connectivity index (χ1v) is 11.1. The van der Waals surface area contributed by atoms with Gasteiger partial charge in [-0.15, -0.1) is 0 Å². The van der Waals surface area contributed by atoms with Crippen LogP contribution in [-0.4, -0.2) is 43.6 Å². The van der Waals surface area contributed by atoms with Gasteiger partial charge in [0.05, 0.1) is 7.11 Å². The normalized spacial score (nSPS) is 23.7. The lowest BCUT2D eigenvalue weighted by Gasteiger charge is -2.46. The molecule has 2 heterocycles. The van der Waals surface area contributed by atoms with Crippen LogP contribution in [0.5, 0.6) is 5.75 Å². The highest BCUT2D eigenvalue weighted by Gasteiger charge is 2.36. The summed E-state index contributed by atoms with van der Waals surface area (Å²) in [6.45, 7) is 4.49. The molecule has 4 rings (SSSR count). The van der Waals surface area contributed by atoms with Gasteiger partial charge in [0.25, 0.3) is 0 Å². The first kappa shape index (κ1) is 20.9. The van der Waals surface area contributed by atoms with Crippen molar-refractivity contribution in [1.82, 2.24) is 10.2 Å². The van der Waals surface area contributed by atoms with Crippen molar-refractivity contribution in [2.45, 2.75) is 38.3 Å².